The summed E-state index contributed by atoms with van der Waals surface area (Å²) in [7, 11) is 1.73. The Morgan fingerprint density at radius 3 is 2.59 bits per heavy atom. The summed E-state index contributed by atoms with van der Waals surface area (Å²) < 4.78 is 1.52. The van der Waals surface area contributed by atoms with Crippen LogP contribution in [0.1, 0.15) is 35.3 Å². The van der Waals surface area contributed by atoms with Gasteiger partial charge in [-0.05, 0) is 12.0 Å². The third-order valence-electron chi connectivity index (χ3n) is 2.89. The minimum Gasteiger partial charge on any atom is -0.292 e. The van der Waals surface area contributed by atoms with Crippen molar-refractivity contribution in [3.05, 3.63) is 47.8 Å². The second kappa shape index (κ2) is 4.91. The maximum absolute atomic E-state index is 12.4. The standard InChI is InChI=1S/C13H15N3O/c1-3-11(10-7-5-4-6-8-10)13(17)12-9-14-15-16(12)2/h4-9,11H,3H2,1-2H3. The van der Waals surface area contributed by atoms with Gasteiger partial charge >= 0.3 is 0 Å². The number of aryl methyl sites for hydroxylation is 1. The van der Waals surface area contributed by atoms with Crippen LogP contribution in [-0.4, -0.2) is 20.8 Å². The number of Topliss-reactive ketones (excluding diaryl/α,β-unsaturated/α-hetero) is 1. The summed E-state index contributed by atoms with van der Waals surface area (Å²) in [5.74, 6) is -0.0420. The molecule has 1 aromatic heterocycles. The first-order valence-electron chi connectivity index (χ1n) is 5.68. The number of nitrogens with zero attached hydrogens (tertiary/aromatic N) is 3. The molecule has 17 heavy (non-hydrogen) atoms. The van der Waals surface area contributed by atoms with Crippen molar-refractivity contribution < 1.29 is 4.79 Å². The van der Waals surface area contributed by atoms with Crippen LogP contribution in [0.5, 0.6) is 0 Å². The highest BCUT2D eigenvalue weighted by molar-refractivity contribution is 5.99. The van der Waals surface area contributed by atoms with Crippen molar-refractivity contribution in [2.75, 3.05) is 0 Å². The van der Waals surface area contributed by atoms with Crippen molar-refractivity contribution in [3.8, 4) is 0 Å². The van der Waals surface area contributed by atoms with E-state index in [9.17, 15) is 4.79 Å². The quantitative estimate of drug-likeness (QED) is 0.755. The monoisotopic (exact) mass is 229 g/mol. The molecule has 1 heterocycles. The topological polar surface area (TPSA) is 47.8 Å². The number of ketones is 1. The smallest absolute Gasteiger partial charge is 0.189 e. The van der Waals surface area contributed by atoms with E-state index in [0.29, 0.717) is 5.69 Å². The van der Waals surface area contributed by atoms with Crippen molar-refractivity contribution in [2.45, 2.75) is 19.3 Å². The fraction of sp³-hybridized carbons (Fsp3) is 0.308. The summed E-state index contributed by atoms with van der Waals surface area (Å²) in [4.78, 5) is 12.4. The van der Waals surface area contributed by atoms with Gasteiger partial charge in [-0.15, -0.1) is 5.10 Å². The lowest BCUT2D eigenvalue weighted by Crippen LogP contribution is -2.15. The maximum atomic E-state index is 12.4. The van der Waals surface area contributed by atoms with Gasteiger partial charge in [0, 0.05) is 13.0 Å². The Kier molecular flexibility index (Phi) is 3.32. The van der Waals surface area contributed by atoms with Gasteiger partial charge in [0.25, 0.3) is 0 Å². The average Bonchev–Trinajstić information content (AvgIpc) is 2.77. The fourth-order valence-electron chi connectivity index (χ4n) is 1.95. The molecule has 0 aliphatic rings. The first-order valence-corrected chi connectivity index (χ1v) is 5.68. The minimum absolute atomic E-state index is 0.0752. The van der Waals surface area contributed by atoms with Crippen LogP contribution < -0.4 is 0 Å². The lowest BCUT2D eigenvalue weighted by atomic mass is 9.91. The first kappa shape index (κ1) is 11.5. The van der Waals surface area contributed by atoms with Crippen molar-refractivity contribution in [1.82, 2.24) is 15.0 Å². The summed E-state index contributed by atoms with van der Waals surface area (Å²) >= 11 is 0. The van der Waals surface area contributed by atoms with Gasteiger partial charge in [0.05, 0.1) is 6.20 Å². The van der Waals surface area contributed by atoms with E-state index in [0.717, 1.165) is 12.0 Å². The van der Waals surface area contributed by atoms with Gasteiger partial charge in [-0.2, -0.15) is 0 Å². The Morgan fingerprint density at radius 2 is 2.06 bits per heavy atom. The van der Waals surface area contributed by atoms with Gasteiger partial charge in [0.2, 0.25) is 0 Å². The zero-order chi connectivity index (χ0) is 12.3. The van der Waals surface area contributed by atoms with E-state index in [1.54, 1.807) is 7.05 Å². The number of carbonyl (C=O) groups excluding carboxylic acids is 1. The third-order valence-corrected chi connectivity index (χ3v) is 2.89. The SMILES string of the molecule is CCC(C(=O)c1cnnn1C)c1ccccc1. The van der Waals surface area contributed by atoms with Gasteiger partial charge in [-0.3, -0.25) is 4.79 Å². The number of rotatable bonds is 4. The molecule has 0 amide bonds. The van der Waals surface area contributed by atoms with Gasteiger partial charge in [-0.25, -0.2) is 4.68 Å². The summed E-state index contributed by atoms with van der Waals surface area (Å²) in [6.07, 6.45) is 2.29. The first-order chi connectivity index (χ1) is 8.24. The molecular weight excluding hydrogens is 214 g/mol. The van der Waals surface area contributed by atoms with Crippen LogP contribution in [0.2, 0.25) is 0 Å². The molecule has 0 saturated carbocycles. The Balaban J connectivity index is 2.32. The highest BCUT2D eigenvalue weighted by Gasteiger charge is 2.22. The van der Waals surface area contributed by atoms with Crippen LogP contribution in [0.4, 0.5) is 0 Å². The van der Waals surface area contributed by atoms with E-state index in [-0.39, 0.29) is 11.7 Å². The molecule has 0 radical (unpaired) electrons. The highest BCUT2D eigenvalue weighted by atomic mass is 16.1. The molecule has 1 atom stereocenters. The molecule has 0 bridgehead atoms. The molecule has 0 fully saturated rings. The summed E-state index contributed by atoms with van der Waals surface area (Å²) in [6.45, 7) is 2.01. The van der Waals surface area contributed by atoms with Gasteiger partial charge in [-0.1, -0.05) is 42.5 Å². The molecule has 4 heteroatoms. The zero-order valence-corrected chi connectivity index (χ0v) is 10.00. The third kappa shape index (κ3) is 2.25. The van der Waals surface area contributed by atoms with Crippen LogP contribution in [-0.2, 0) is 7.05 Å². The predicted octanol–water partition coefficient (Wildman–Crippen LogP) is 2.19. The summed E-state index contributed by atoms with van der Waals surface area (Å²) in [6, 6.07) is 9.82. The lowest BCUT2D eigenvalue weighted by Gasteiger charge is -2.13. The van der Waals surface area contributed by atoms with E-state index in [1.807, 2.05) is 37.3 Å². The molecule has 4 nitrogen and oxygen atoms in total. The largest absolute Gasteiger partial charge is 0.292 e. The van der Waals surface area contributed by atoms with E-state index < -0.39 is 0 Å². The zero-order valence-electron chi connectivity index (χ0n) is 10.00. The van der Waals surface area contributed by atoms with Crippen LogP contribution in [0, 0.1) is 0 Å². The van der Waals surface area contributed by atoms with E-state index >= 15 is 0 Å². The predicted molar refractivity (Wildman–Crippen MR) is 64.8 cm³/mol. The summed E-state index contributed by atoms with van der Waals surface area (Å²) in [5, 5.41) is 7.54. The number of aromatic nitrogens is 3. The second-order valence-corrected chi connectivity index (χ2v) is 3.98. The molecule has 0 aliphatic carbocycles. The minimum atomic E-state index is -0.117. The molecule has 1 unspecified atom stereocenters. The maximum Gasteiger partial charge on any atom is 0.189 e. The van der Waals surface area contributed by atoms with Gasteiger partial charge < -0.3 is 0 Å². The Bertz CT molecular complexity index is 504. The average molecular weight is 229 g/mol. The number of hydrogen-bond acceptors (Lipinski definition) is 3. The van der Waals surface area contributed by atoms with E-state index in [2.05, 4.69) is 10.3 Å². The molecule has 0 saturated heterocycles. The van der Waals surface area contributed by atoms with Crippen LogP contribution in [0.3, 0.4) is 0 Å². The van der Waals surface area contributed by atoms with E-state index in [1.165, 1.54) is 10.9 Å². The number of hydrogen-bond donors (Lipinski definition) is 0. The van der Waals surface area contributed by atoms with Crippen molar-refractivity contribution in [3.63, 3.8) is 0 Å². The number of benzene rings is 1. The lowest BCUT2D eigenvalue weighted by molar-refractivity contribution is 0.0948. The molecule has 2 rings (SSSR count). The molecule has 0 N–H and O–H groups in total. The second-order valence-electron chi connectivity index (χ2n) is 3.98. The molecule has 1 aromatic carbocycles. The van der Waals surface area contributed by atoms with Crippen molar-refractivity contribution in [2.24, 2.45) is 7.05 Å². The van der Waals surface area contributed by atoms with Gasteiger partial charge in [0.1, 0.15) is 5.69 Å². The fourth-order valence-corrected chi connectivity index (χ4v) is 1.95. The van der Waals surface area contributed by atoms with E-state index in [4.69, 9.17) is 0 Å². The number of carbonyl (C=O) groups is 1. The van der Waals surface area contributed by atoms with Crippen LogP contribution >= 0.6 is 0 Å². The normalized spacial score (nSPS) is 12.4. The molecule has 2 aromatic rings. The molecular formula is C13H15N3O. The molecule has 0 aliphatic heterocycles. The van der Waals surface area contributed by atoms with Crippen molar-refractivity contribution in [1.29, 1.82) is 0 Å². The Labute approximate surface area is 100 Å². The highest BCUT2D eigenvalue weighted by Crippen LogP contribution is 2.23. The molecule has 88 valence electrons. The van der Waals surface area contributed by atoms with Crippen LogP contribution in [0.25, 0.3) is 0 Å². The molecule has 0 spiro atoms. The van der Waals surface area contributed by atoms with Crippen molar-refractivity contribution >= 4 is 5.78 Å². The van der Waals surface area contributed by atoms with Crippen LogP contribution in [0.15, 0.2) is 36.5 Å². The Hall–Kier alpha value is -1.97. The Morgan fingerprint density at radius 1 is 1.35 bits per heavy atom. The van der Waals surface area contributed by atoms with Gasteiger partial charge in [0.15, 0.2) is 5.78 Å². The summed E-state index contributed by atoms with van der Waals surface area (Å²) in [5.41, 5.74) is 1.60.